The van der Waals surface area contributed by atoms with Crippen molar-refractivity contribution in [3.05, 3.63) is 0 Å². The van der Waals surface area contributed by atoms with Crippen LogP contribution in [0.5, 0.6) is 0 Å². The molecule has 0 aliphatic rings. The number of guanidine groups is 1. The Kier molecular flexibility index (Phi) is 13.9. The number of aliphatic imine (C=N–C) groups is 1. The highest BCUT2D eigenvalue weighted by Gasteiger charge is 2.32. The van der Waals surface area contributed by atoms with E-state index < -0.39 is 66.4 Å². The Morgan fingerprint density at radius 1 is 0.886 bits per heavy atom. The van der Waals surface area contributed by atoms with Gasteiger partial charge in [0.1, 0.15) is 12.1 Å². The van der Waals surface area contributed by atoms with Crippen LogP contribution in [0, 0.1) is 5.92 Å². The molecule has 15 nitrogen and oxygen atoms in total. The van der Waals surface area contributed by atoms with Gasteiger partial charge in [0, 0.05) is 6.54 Å². The van der Waals surface area contributed by atoms with E-state index in [1.54, 1.807) is 13.8 Å². The van der Waals surface area contributed by atoms with Gasteiger partial charge < -0.3 is 48.5 Å². The lowest BCUT2D eigenvalue weighted by Crippen LogP contribution is -2.58. The molecule has 0 rings (SSSR count). The number of hydrogen-bond acceptors (Lipinski definition) is 8. The lowest BCUT2D eigenvalue weighted by atomic mass is 10.0. The number of aliphatic carboxylic acids is 2. The van der Waals surface area contributed by atoms with Gasteiger partial charge >= 0.3 is 11.9 Å². The second-order valence-corrected chi connectivity index (χ2v) is 8.47. The summed E-state index contributed by atoms with van der Waals surface area (Å²) in [7, 11) is 0. The van der Waals surface area contributed by atoms with Crippen molar-refractivity contribution >= 4 is 35.6 Å². The minimum atomic E-state index is -1.62. The summed E-state index contributed by atoms with van der Waals surface area (Å²) >= 11 is 0. The molecule has 0 aliphatic heterocycles. The zero-order valence-corrected chi connectivity index (χ0v) is 20.1. The fourth-order valence-corrected chi connectivity index (χ4v) is 2.93. The molecule has 5 unspecified atom stereocenters. The van der Waals surface area contributed by atoms with E-state index >= 15 is 0 Å². The van der Waals surface area contributed by atoms with Gasteiger partial charge in [0.05, 0.1) is 18.6 Å². The first-order chi connectivity index (χ1) is 16.1. The maximum atomic E-state index is 12.8. The van der Waals surface area contributed by atoms with Crippen LogP contribution in [0.25, 0.3) is 0 Å². The van der Waals surface area contributed by atoms with Gasteiger partial charge in [-0.2, -0.15) is 0 Å². The average Bonchev–Trinajstić information content (AvgIpc) is 2.72. The average molecular weight is 504 g/mol. The van der Waals surface area contributed by atoms with Crippen LogP contribution < -0.4 is 33.2 Å². The second kappa shape index (κ2) is 15.4. The van der Waals surface area contributed by atoms with Crippen LogP contribution in [-0.2, 0) is 24.0 Å². The van der Waals surface area contributed by atoms with E-state index in [9.17, 15) is 34.2 Å². The first-order valence-electron chi connectivity index (χ1n) is 11.0. The maximum absolute atomic E-state index is 12.8. The van der Waals surface area contributed by atoms with Crippen LogP contribution in [0.1, 0.15) is 46.5 Å². The van der Waals surface area contributed by atoms with Gasteiger partial charge in [-0.15, -0.1) is 0 Å². The molecule has 0 saturated heterocycles. The molecule has 15 heteroatoms. The number of nitrogens with one attached hydrogen (secondary N) is 3. The number of hydrogen-bond donors (Lipinski definition) is 9. The van der Waals surface area contributed by atoms with Gasteiger partial charge in [-0.1, -0.05) is 13.8 Å². The van der Waals surface area contributed by atoms with Gasteiger partial charge in [0.25, 0.3) is 0 Å². The molecular formula is C20H37N7O8. The van der Waals surface area contributed by atoms with Crippen LogP contribution in [0.4, 0.5) is 0 Å². The lowest BCUT2D eigenvalue weighted by Gasteiger charge is -2.26. The number of nitrogens with zero attached hydrogens (tertiary/aromatic N) is 1. The van der Waals surface area contributed by atoms with Gasteiger partial charge in [-0.3, -0.25) is 24.2 Å². The van der Waals surface area contributed by atoms with Crippen LogP contribution in [0.2, 0.25) is 0 Å². The lowest BCUT2D eigenvalue weighted by molar-refractivity contribution is -0.145. The zero-order chi connectivity index (χ0) is 27.3. The Balaban J connectivity index is 5.41. The highest BCUT2D eigenvalue weighted by Crippen LogP contribution is 2.08. The van der Waals surface area contributed by atoms with Crippen molar-refractivity contribution in [2.24, 2.45) is 28.1 Å². The van der Waals surface area contributed by atoms with Crippen molar-refractivity contribution in [1.82, 2.24) is 16.0 Å². The molecular weight excluding hydrogens is 466 g/mol. The number of nitrogens with two attached hydrogens (primary N) is 3. The summed E-state index contributed by atoms with van der Waals surface area (Å²) in [6.45, 7) is 4.88. The fraction of sp³-hybridized carbons (Fsp3) is 0.700. The summed E-state index contributed by atoms with van der Waals surface area (Å²) in [5.74, 6) is -5.78. The number of amides is 3. The van der Waals surface area contributed by atoms with Gasteiger partial charge in [-0.05, 0) is 32.1 Å². The van der Waals surface area contributed by atoms with Gasteiger partial charge in [0.15, 0.2) is 12.0 Å². The van der Waals surface area contributed by atoms with Crippen molar-refractivity contribution in [3.8, 4) is 0 Å². The summed E-state index contributed by atoms with van der Waals surface area (Å²) < 4.78 is 0. The normalized spacial score (nSPS) is 15.1. The van der Waals surface area contributed by atoms with Crippen molar-refractivity contribution < 1.29 is 39.3 Å². The first kappa shape index (κ1) is 31.5. The summed E-state index contributed by atoms with van der Waals surface area (Å²) in [5.41, 5.74) is 16.2. The third kappa shape index (κ3) is 13.1. The quantitative estimate of drug-likeness (QED) is 0.0574. The van der Waals surface area contributed by atoms with E-state index in [0.717, 1.165) is 0 Å². The number of carbonyl (C=O) groups is 5. The van der Waals surface area contributed by atoms with E-state index in [1.165, 1.54) is 6.92 Å². The van der Waals surface area contributed by atoms with Crippen LogP contribution in [0.15, 0.2) is 4.99 Å². The van der Waals surface area contributed by atoms with E-state index in [2.05, 4.69) is 20.9 Å². The molecule has 0 aromatic rings. The molecule has 0 aromatic heterocycles. The number of aliphatic hydroxyl groups excluding tert-OH is 1. The standard InChI is InChI=1S/C20H37N7O8/c1-9(2)7-12(18(33)27-15(10(3)28)19(34)35)26-17(32)13(8-14(29)30)25-16(31)11(21)5-4-6-24-20(22)23/h9-13,15,28H,4-8,21H2,1-3H3,(H,25,31)(H,26,32)(H,27,33)(H,29,30)(H,34,35)(H4,22,23,24). The maximum Gasteiger partial charge on any atom is 0.328 e. The molecule has 0 bridgehead atoms. The molecule has 0 radical (unpaired) electrons. The number of aliphatic hydroxyl groups is 1. The fourth-order valence-electron chi connectivity index (χ4n) is 2.93. The minimum Gasteiger partial charge on any atom is -0.481 e. The van der Waals surface area contributed by atoms with Crippen molar-refractivity contribution in [2.45, 2.75) is 76.7 Å². The predicted octanol–water partition coefficient (Wildman–Crippen LogP) is -3.19. The Morgan fingerprint density at radius 3 is 1.89 bits per heavy atom. The topological polar surface area (TPSA) is 273 Å². The third-order valence-corrected chi connectivity index (χ3v) is 4.70. The molecule has 35 heavy (non-hydrogen) atoms. The highest BCUT2D eigenvalue weighted by atomic mass is 16.4. The molecule has 200 valence electrons. The Labute approximate surface area is 202 Å². The summed E-state index contributed by atoms with van der Waals surface area (Å²) in [6.07, 6.45) is -1.63. The molecule has 0 spiro atoms. The van der Waals surface area contributed by atoms with E-state index in [1.807, 2.05) is 0 Å². The largest absolute Gasteiger partial charge is 0.481 e. The molecule has 0 saturated carbocycles. The van der Waals surface area contributed by atoms with Crippen molar-refractivity contribution in [3.63, 3.8) is 0 Å². The predicted molar refractivity (Wildman–Crippen MR) is 125 cm³/mol. The van der Waals surface area contributed by atoms with E-state index in [-0.39, 0.29) is 31.3 Å². The number of carboxylic acids is 2. The van der Waals surface area contributed by atoms with Crippen LogP contribution in [-0.4, -0.2) is 87.8 Å². The molecule has 12 N–H and O–H groups in total. The number of carboxylic acid groups (broad SMARTS) is 2. The minimum absolute atomic E-state index is 0.0712. The third-order valence-electron chi connectivity index (χ3n) is 4.70. The first-order valence-corrected chi connectivity index (χ1v) is 11.0. The van der Waals surface area contributed by atoms with Gasteiger partial charge in [-0.25, -0.2) is 4.79 Å². The molecule has 0 heterocycles. The summed E-state index contributed by atoms with van der Waals surface area (Å²) in [6, 6.07) is -5.52. The van der Waals surface area contributed by atoms with E-state index in [0.29, 0.717) is 6.42 Å². The molecule has 5 atom stereocenters. The Hall–Kier alpha value is -3.46. The van der Waals surface area contributed by atoms with Crippen molar-refractivity contribution in [1.29, 1.82) is 0 Å². The molecule has 0 aromatic carbocycles. The zero-order valence-electron chi connectivity index (χ0n) is 20.1. The smallest absolute Gasteiger partial charge is 0.328 e. The molecule has 0 fully saturated rings. The monoisotopic (exact) mass is 503 g/mol. The summed E-state index contributed by atoms with van der Waals surface area (Å²) in [4.78, 5) is 64.1. The molecule has 3 amide bonds. The van der Waals surface area contributed by atoms with Crippen LogP contribution >= 0.6 is 0 Å². The molecule has 0 aliphatic carbocycles. The number of rotatable bonds is 16. The van der Waals surface area contributed by atoms with Crippen molar-refractivity contribution in [2.75, 3.05) is 6.54 Å². The van der Waals surface area contributed by atoms with Gasteiger partial charge in [0.2, 0.25) is 17.7 Å². The summed E-state index contributed by atoms with van der Waals surface area (Å²) in [5, 5.41) is 34.7. The second-order valence-electron chi connectivity index (χ2n) is 8.47. The SMILES string of the molecule is CC(C)CC(NC(=O)C(CC(=O)O)NC(=O)C(N)CCCN=C(N)N)C(=O)NC(C(=O)O)C(C)O. The number of carbonyl (C=O) groups excluding carboxylic acids is 3. The van der Waals surface area contributed by atoms with E-state index in [4.69, 9.17) is 22.3 Å². The van der Waals surface area contributed by atoms with Crippen LogP contribution in [0.3, 0.4) is 0 Å². The highest BCUT2D eigenvalue weighted by molar-refractivity contribution is 5.95. The Bertz CT molecular complexity index is 783. The Morgan fingerprint density at radius 2 is 1.43 bits per heavy atom.